The number of nitrogens with zero attached hydrogens (tertiary/aromatic N) is 4. The monoisotopic (exact) mass is 426 g/mol. The fourth-order valence-electron chi connectivity index (χ4n) is 1.33. The zero-order valence-electron chi connectivity index (χ0n) is 8.03. The molecule has 1 fully saturated rings. The molecule has 2 rings (SSSR count). The summed E-state index contributed by atoms with van der Waals surface area (Å²) >= 11 is 0. The first-order chi connectivity index (χ1) is 6.75. The summed E-state index contributed by atoms with van der Waals surface area (Å²) in [6.45, 7) is 2.54. The Kier molecular flexibility index (Phi) is 5.30. The van der Waals surface area contributed by atoms with Crippen molar-refractivity contribution in [3.63, 3.8) is 0 Å². The average Bonchev–Trinajstić information content (AvgIpc) is 2.18. The molecule has 0 atom stereocenters. The Bertz CT molecular complexity index is 310. The average molecular weight is 426 g/mol. The van der Waals surface area contributed by atoms with Gasteiger partial charge in [-0.2, -0.15) is 18.7 Å². The van der Waals surface area contributed by atoms with E-state index in [1.807, 2.05) is 0 Å². The Hall–Kier alpha value is 0.142. The fraction of sp³-hybridized carbons (Fsp3) is 0.500. The van der Waals surface area contributed by atoms with Crippen LogP contribution in [0.15, 0.2) is 6.07 Å². The van der Waals surface area contributed by atoms with Crippen LogP contribution in [0.3, 0.4) is 0 Å². The van der Waals surface area contributed by atoms with Gasteiger partial charge in [0.1, 0.15) is 0 Å². The standard InChI is InChI=1S/C8H9F2N4.Ac/c9-6-5-7(10)13-8(12-6)14-3-1-11-2-4-14;/h5H,1-4H2;/q-1;. The molecule has 1 aliphatic rings. The molecule has 15 heavy (non-hydrogen) atoms. The number of halogens is 2. The maximum Gasteiger partial charge on any atom is 0.230 e. The maximum atomic E-state index is 12.7. The first kappa shape index (κ1) is 13.2. The molecule has 1 saturated heterocycles. The van der Waals surface area contributed by atoms with Gasteiger partial charge in [-0.1, -0.05) is 0 Å². The van der Waals surface area contributed by atoms with Gasteiger partial charge in [-0.15, -0.1) is 13.1 Å². The smallest absolute Gasteiger partial charge is 0.230 e. The van der Waals surface area contributed by atoms with Crippen LogP contribution in [0.25, 0.3) is 5.32 Å². The molecule has 79 valence electrons. The maximum absolute atomic E-state index is 12.7. The van der Waals surface area contributed by atoms with E-state index in [1.54, 1.807) is 4.90 Å². The molecule has 0 unspecified atom stereocenters. The molecule has 7 heteroatoms. The molecule has 0 N–H and O–H groups in total. The van der Waals surface area contributed by atoms with Gasteiger partial charge in [-0.3, -0.25) is 0 Å². The van der Waals surface area contributed by atoms with Crippen molar-refractivity contribution in [1.29, 1.82) is 0 Å². The van der Waals surface area contributed by atoms with Crippen LogP contribution in [0.4, 0.5) is 14.7 Å². The van der Waals surface area contributed by atoms with Crippen molar-refractivity contribution in [2.24, 2.45) is 0 Å². The van der Waals surface area contributed by atoms with Gasteiger partial charge in [-0.25, -0.2) is 0 Å². The summed E-state index contributed by atoms with van der Waals surface area (Å²) in [4.78, 5) is 8.77. The van der Waals surface area contributed by atoms with E-state index in [0.717, 1.165) is 0 Å². The third-order valence-electron chi connectivity index (χ3n) is 1.99. The Morgan fingerprint density at radius 3 is 2.20 bits per heavy atom. The molecule has 0 bridgehead atoms. The third kappa shape index (κ3) is 3.58. The van der Waals surface area contributed by atoms with E-state index >= 15 is 0 Å². The fourth-order valence-corrected chi connectivity index (χ4v) is 1.33. The third-order valence-corrected chi connectivity index (χ3v) is 1.99. The zero-order valence-corrected chi connectivity index (χ0v) is 12.8. The summed E-state index contributed by atoms with van der Waals surface area (Å²) in [5, 5.41) is 4.11. The van der Waals surface area contributed by atoms with Crippen LogP contribution in [-0.4, -0.2) is 36.1 Å². The molecule has 0 aromatic carbocycles. The van der Waals surface area contributed by atoms with Gasteiger partial charge in [0.05, 0.1) is 0 Å². The topological polar surface area (TPSA) is 43.1 Å². The van der Waals surface area contributed by atoms with Gasteiger partial charge in [0.15, 0.2) is 0 Å². The van der Waals surface area contributed by atoms with Gasteiger partial charge < -0.3 is 10.2 Å². The molecule has 0 spiro atoms. The predicted octanol–water partition coefficient (Wildman–Crippen LogP) is 0.949. The molecule has 1 aromatic heterocycles. The first-order valence-electron chi connectivity index (χ1n) is 4.34. The minimum Gasteiger partial charge on any atom is -0.659 e. The number of piperazine rings is 1. The summed E-state index contributed by atoms with van der Waals surface area (Å²) in [6, 6.07) is 0.665. The van der Waals surface area contributed by atoms with E-state index in [0.29, 0.717) is 32.2 Å². The van der Waals surface area contributed by atoms with Crippen molar-refractivity contribution in [3.8, 4) is 0 Å². The SMILES string of the molecule is Fc1cc(F)nc(N2CC[N-]CC2)n1.[Ac]. The van der Waals surface area contributed by atoms with E-state index in [1.165, 1.54) is 0 Å². The quantitative estimate of drug-likeness (QED) is 0.629. The van der Waals surface area contributed by atoms with Crippen LogP contribution >= 0.6 is 0 Å². The molecule has 0 saturated carbocycles. The molecule has 1 aromatic rings. The minimum atomic E-state index is -0.838. The zero-order chi connectivity index (χ0) is 9.97. The molecule has 0 amide bonds. The summed E-state index contributed by atoms with van der Waals surface area (Å²) in [5.74, 6) is -1.57. The molecule has 0 aliphatic carbocycles. The van der Waals surface area contributed by atoms with Gasteiger partial charge in [-0.05, 0) is 0 Å². The van der Waals surface area contributed by atoms with Crippen LogP contribution < -0.4 is 4.90 Å². The van der Waals surface area contributed by atoms with Gasteiger partial charge in [0.25, 0.3) is 0 Å². The summed E-state index contributed by atoms with van der Waals surface area (Å²) in [6.07, 6.45) is 0. The van der Waals surface area contributed by atoms with Crippen LogP contribution in [0.1, 0.15) is 0 Å². The predicted molar refractivity (Wildman–Crippen MR) is 47.3 cm³/mol. The minimum absolute atomic E-state index is 0. The van der Waals surface area contributed by atoms with Gasteiger partial charge >= 0.3 is 0 Å². The van der Waals surface area contributed by atoms with Crippen molar-refractivity contribution in [2.75, 3.05) is 31.1 Å². The summed E-state index contributed by atoms with van der Waals surface area (Å²) in [7, 11) is 0. The van der Waals surface area contributed by atoms with Crippen molar-refractivity contribution in [1.82, 2.24) is 9.97 Å². The molecular weight excluding hydrogens is 417 g/mol. The Morgan fingerprint density at radius 2 is 1.67 bits per heavy atom. The van der Waals surface area contributed by atoms with Crippen molar-refractivity contribution >= 4 is 5.95 Å². The molecular formula is C8H9AcF2N4-. The van der Waals surface area contributed by atoms with Crippen molar-refractivity contribution in [2.45, 2.75) is 0 Å². The first-order valence-corrected chi connectivity index (χ1v) is 4.34. The summed E-state index contributed by atoms with van der Waals surface area (Å²) < 4.78 is 25.5. The molecule has 1 radical (unpaired) electrons. The second kappa shape index (κ2) is 6.02. The van der Waals surface area contributed by atoms with Crippen molar-refractivity contribution in [3.05, 3.63) is 23.3 Å². The van der Waals surface area contributed by atoms with Crippen LogP contribution in [0, 0.1) is 56.0 Å². The Morgan fingerprint density at radius 1 is 1.13 bits per heavy atom. The second-order valence-electron chi connectivity index (χ2n) is 2.97. The number of rotatable bonds is 1. The number of hydrogen-bond donors (Lipinski definition) is 0. The second-order valence-corrected chi connectivity index (χ2v) is 2.97. The Labute approximate surface area is 122 Å². The number of aromatic nitrogens is 2. The van der Waals surface area contributed by atoms with Crippen LogP contribution in [0.2, 0.25) is 0 Å². The van der Waals surface area contributed by atoms with E-state index in [-0.39, 0.29) is 50.0 Å². The van der Waals surface area contributed by atoms with Crippen LogP contribution in [-0.2, 0) is 0 Å². The van der Waals surface area contributed by atoms with E-state index in [4.69, 9.17) is 0 Å². The molecule has 2 heterocycles. The van der Waals surface area contributed by atoms with Crippen LogP contribution in [0.5, 0.6) is 0 Å². The van der Waals surface area contributed by atoms with Gasteiger partial charge in [0, 0.05) is 63.2 Å². The van der Waals surface area contributed by atoms with E-state index < -0.39 is 11.9 Å². The normalized spacial score (nSPS) is 16.0. The Balaban J connectivity index is 0.00000112. The van der Waals surface area contributed by atoms with Crippen molar-refractivity contribution < 1.29 is 52.8 Å². The molecule has 1 aliphatic heterocycles. The van der Waals surface area contributed by atoms with E-state index in [2.05, 4.69) is 15.3 Å². The molecule has 4 nitrogen and oxygen atoms in total. The largest absolute Gasteiger partial charge is 0.659 e. The van der Waals surface area contributed by atoms with E-state index in [9.17, 15) is 8.78 Å². The number of hydrogen-bond acceptors (Lipinski definition) is 3. The van der Waals surface area contributed by atoms with Gasteiger partial charge in [0.2, 0.25) is 17.8 Å². The number of anilines is 1. The summed E-state index contributed by atoms with van der Waals surface area (Å²) in [5.41, 5.74) is 0.